The number of nitrogens with one attached hydrogen (secondary N) is 2. The first-order valence-corrected chi connectivity index (χ1v) is 33.2. The Balaban J connectivity index is 0.000000193. The summed E-state index contributed by atoms with van der Waals surface area (Å²) in [6.07, 6.45) is 14.5. The van der Waals surface area contributed by atoms with Crippen LogP contribution in [-0.4, -0.2) is 101 Å². The second-order valence-corrected chi connectivity index (χ2v) is 29.9. The zero-order chi connectivity index (χ0) is 56.1. The van der Waals surface area contributed by atoms with Crippen LogP contribution in [0.4, 0.5) is 11.4 Å². The topological polar surface area (TPSA) is 192 Å². The smallest absolute Gasteiger partial charge is 0.264 e. The molecule has 4 N–H and O–H groups in total. The summed E-state index contributed by atoms with van der Waals surface area (Å²) in [6.45, 7) is 7.24. The van der Waals surface area contributed by atoms with Crippen molar-refractivity contribution in [3.63, 3.8) is 0 Å². The molecule has 0 saturated heterocycles. The molecule has 0 aromatic heterocycles. The highest BCUT2D eigenvalue weighted by Crippen LogP contribution is 2.49. The van der Waals surface area contributed by atoms with Gasteiger partial charge in [0.2, 0.25) is 20.0 Å². The van der Waals surface area contributed by atoms with E-state index in [1.165, 1.54) is 22.3 Å². The van der Waals surface area contributed by atoms with Crippen LogP contribution < -0.4 is 28.7 Å². The molecule has 4 aromatic rings. The molecule has 4 aromatic carbocycles. The predicted octanol–water partition coefficient (Wildman–Crippen LogP) is 10.9. The van der Waals surface area contributed by atoms with Gasteiger partial charge in [-0.1, -0.05) is 61.0 Å². The maximum Gasteiger partial charge on any atom is 0.264 e. The number of benzene rings is 4. The minimum atomic E-state index is -3.83. The molecule has 80 heavy (non-hydrogen) atoms. The van der Waals surface area contributed by atoms with Crippen LogP contribution in [0.15, 0.2) is 72.8 Å². The van der Waals surface area contributed by atoms with Crippen molar-refractivity contribution in [2.45, 2.75) is 163 Å². The largest absolute Gasteiger partial charge is 0.490 e. The number of anilines is 2. The molecule has 4 aliphatic carbocycles. The summed E-state index contributed by atoms with van der Waals surface area (Å²) in [5, 5.41) is 22.3. The van der Waals surface area contributed by atoms with Crippen LogP contribution in [0, 0.1) is 23.7 Å². The minimum Gasteiger partial charge on any atom is -0.490 e. The number of hydrogen-bond acceptors (Lipinski definition) is 12. The first-order valence-electron chi connectivity index (χ1n) is 29.4. The van der Waals surface area contributed by atoms with Gasteiger partial charge in [0.15, 0.2) is 0 Å². The molecular formula is C62H82Cl2N4O10S2. The average Bonchev–Trinajstić information content (AvgIpc) is 3.67. The van der Waals surface area contributed by atoms with Crippen molar-refractivity contribution in [2.24, 2.45) is 23.7 Å². The summed E-state index contributed by atoms with van der Waals surface area (Å²) in [7, 11) is -7.65. The van der Waals surface area contributed by atoms with Crippen LogP contribution in [0.3, 0.4) is 0 Å². The van der Waals surface area contributed by atoms with Gasteiger partial charge in [-0.05, 0) is 210 Å². The molecule has 2 amide bonds. The first kappa shape index (κ1) is 57.2. The fourth-order valence-electron chi connectivity index (χ4n) is 14.6. The standard InChI is InChI=1S/2C31H39ClN2O5S.2H2/c2*1-20-5-2-3-7-28(35)25-11-8-23(25)17-34-18-31(14-4-6-21-15-24(32)10-12-26(21)31)19-39-29-13-9-22(16-27(29)34)30(36)33-40(20,37)38;;/h2*9-10,12-13,15-16,20,23,25,28,35H,2-8,11,14,17-19H2,1H3,(H,33,36);2*1H/t20-,23+,25-,28-,31+;20-,23-,25+,28+,31-;;/m10../s1. The average molecular weight is 1180 g/mol. The van der Waals surface area contributed by atoms with Crippen LogP contribution in [0.2, 0.25) is 10.0 Å². The van der Waals surface area contributed by atoms with Gasteiger partial charge in [0.25, 0.3) is 11.8 Å². The lowest BCUT2D eigenvalue weighted by molar-refractivity contribution is 0.00886. The highest BCUT2D eigenvalue weighted by Gasteiger charge is 2.47. The number of ether oxygens (including phenoxy) is 2. The Morgan fingerprint density at radius 2 is 0.963 bits per heavy atom. The Kier molecular flexibility index (Phi) is 16.6. The highest BCUT2D eigenvalue weighted by molar-refractivity contribution is 7.91. The molecule has 18 heteroatoms. The maximum absolute atomic E-state index is 13.2. The van der Waals surface area contributed by atoms with Crippen molar-refractivity contribution >= 4 is 66.4 Å². The van der Waals surface area contributed by atoms with E-state index in [9.17, 15) is 36.6 Å². The van der Waals surface area contributed by atoms with Crippen molar-refractivity contribution in [3.05, 3.63) is 116 Å². The normalized spacial score (nSPS) is 32.1. The highest BCUT2D eigenvalue weighted by atomic mass is 35.5. The molecule has 0 radical (unpaired) electrons. The number of halogens is 2. The van der Waals surface area contributed by atoms with Crippen molar-refractivity contribution < 1.29 is 49.0 Å². The lowest BCUT2D eigenvalue weighted by Gasteiger charge is -2.45. The van der Waals surface area contributed by atoms with Crippen molar-refractivity contribution in [3.8, 4) is 11.5 Å². The minimum absolute atomic E-state index is 0. The van der Waals surface area contributed by atoms with Gasteiger partial charge >= 0.3 is 0 Å². The third-order valence-corrected chi connectivity index (χ3v) is 23.7. The van der Waals surface area contributed by atoms with Crippen molar-refractivity contribution in [1.29, 1.82) is 0 Å². The molecule has 14 nitrogen and oxygen atoms in total. The fourth-order valence-corrected chi connectivity index (χ4v) is 17.1. The number of fused-ring (bicyclic) bond motifs is 8. The number of aryl methyl sites for hydroxylation is 2. The lowest BCUT2D eigenvalue weighted by atomic mass is 9.68. The van der Waals surface area contributed by atoms with E-state index >= 15 is 0 Å². The van der Waals surface area contributed by atoms with Crippen LogP contribution >= 0.6 is 23.2 Å². The number of aliphatic hydroxyl groups is 2. The van der Waals surface area contributed by atoms with Gasteiger partial charge in [-0.15, -0.1) is 0 Å². The molecule has 2 saturated carbocycles. The molecule has 4 bridgehead atoms. The number of carbonyl (C=O) groups excluding carboxylic acids is 2. The number of nitrogens with zero attached hydrogens (tertiary/aromatic N) is 2. The molecule has 436 valence electrons. The van der Waals surface area contributed by atoms with Gasteiger partial charge in [0.1, 0.15) is 11.5 Å². The number of carbonyl (C=O) groups is 2. The van der Waals surface area contributed by atoms with Crippen molar-refractivity contribution in [2.75, 3.05) is 49.2 Å². The van der Waals surface area contributed by atoms with E-state index in [1.54, 1.807) is 50.2 Å². The zero-order valence-electron chi connectivity index (χ0n) is 46.1. The Hall–Kier alpha value is -4.58. The Morgan fingerprint density at radius 1 is 0.550 bits per heavy atom. The Labute approximate surface area is 485 Å². The molecule has 10 atom stereocenters. The van der Waals surface area contributed by atoms with E-state index in [2.05, 4.69) is 43.5 Å². The molecule has 0 unspecified atom stereocenters. The van der Waals surface area contributed by atoms with E-state index in [1.807, 2.05) is 12.1 Å². The number of hydrogen-bond donors (Lipinski definition) is 4. The molecule has 2 spiro atoms. The molecular weight excluding hydrogens is 1100 g/mol. The van der Waals surface area contributed by atoms with Gasteiger partial charge in [-0.25, -0.2) is 26.3 Å². The quantitative estimate of drug-likeness (QED) is 0.130. The number of sulfonamides is 2. The summed E-state index contributed by atoms with van der Waals surface area (Å²) in [5.41, 5.74) is 6.80. The van der Waals surface area contributed by atoms with Crippen molar-refractivity contribution in [1.82, 2.24) is 9.44 Å². The number of rotatable bonds is 0. The second-order valence-electron chi connectivity index (χ2n) is 24.9. The van der Waals surface area contributed by atoms with E-state index < -0.39 is 42.4 Å². The third kappa shape index (κ3) is 11.7. The van der Waals surface area contributed by atoms with Gasteiger partial charge < -0.3 is 29.5 Å². The van der Waals surface area contributed by atoms with Gasteiger partial charge in [0, 0.05) is 61.0 Å². The zero-order valence-corrected chi connectivity index (χ0v) is 49.3. The van der Waals surface area contributed by atoms with Crippen LogP contribution in [0.25, 0.3) is 0 Å². The second kappa shape index (κ2) is 23.2. The van der Waals surface area contributed by atoms with Crippen LogP contribution in [-0.2, 0) is 43.7 Å². The monoisotopic (exact) mass is 1180 g/mol. The third-order valence-electron chi connectivity index (χ3n) is 19.7. The van der Waals surface area contributed by atoms with E-state index in [0.717, 1.165) is 112 Å². The lowest BCUT2D eigenvalue weighted by Crippen LogP contribution is -2.49. The Morgan fingerprint density at radius 3 is 1.36 bits per heavy atom. The molecule has 12 rings (SSSR count). The first-order chi connectivity index (χ1) is 38.3. The predicted molar refractivity (Wildman–Crippen MR) is 318 cm³/mol. The molecule has 4 heterocycles. The summed E-state index contributed by atoms with van der Waals surface area (Å²) in [4.78, 5) is 31.1. The van der Waals surface area contributed by atoms with E-state index in [-0.39, 0.29) is 37.7 Å². The summed E-state index contributed by atoms with van der Waals surface area (Å²) in [5.74, 6) is 1.30. The van der Waals surface area contributed by atoms with E-state index in [0.29, 0.717) is 99.3 Å². The van der Waals surface area contributed by atoms with E-state index in [4.69, 9.17) is 32.7 Å². The number of amides is 2. The van der Waals surface area contributed by atoms with Crippen LogP contribution in [0.5, 0.6) is 11.5 Å². The summed E-state index contributed by atoms with van der Waals surface area (Å²) >= 11 is 12.7. The maximum atomic E-state index is 13.2. The van der Waals surface area contributed by atoms with Gasteiger partial charge in [-0.3, -0.25) is 9.59 Å². The summed E-state index contributed by atoms with van der Waals surface area (Å²) in [6, 6.07) is 22.8. The number of aliphatic hydroxyl groups excluding tert-OH is 2. The Bertz CT molecular complexity index is 3020. The van der Waals surface area contributed by atoms with Crippen LogP contribution in [0.1, 0.15) is 162 Å². The molecule has 8 aliphatic rings. The fraction of sp³-hybridized carbons (Fsp3) is 0.581. The van der Waals surface area contributed by atoms with Gasteiger partial charge in [0.05, 0.1) is 47.3 Å². The summed E-state index contributed by atoms with van der Waals surface area (Å²) < 4.78 is 69.4. The SMILES string of the molecule is C[C@@H]1CCCC[C@@H](O)[C@@H]2CC[C@H]2CN2C[C@@]3(CCCc4cc(Cl)ccc43)COc3ccc(cc32)C(=O)NS1(=O)=O.C[C@H]1CCCC[C@@H](O)[C@@H]2CC[C@H]2CN2C[C@@]3(CCCc4cc(Cl)ccc43)COc3ccc(cc32)C(=O)NS1(=O)=O.[HH].[HH]. The van der Waals surface area contributed by atoms with Gasteiger partial charge in [-0.2, -0.15) is 0 Å². The molecule has 4 aliphatic heterocycles. The molecule has 2 fully saturated rings.